The van der Waals surface area contributed by atoms with E-state index >= 15 is 0 Å². The van der Waals surface area contributed by atoms with Crippen molar-refractivity contribution in [3.63, 3.8) is 0 Å². The monoisotopic (exact) mass is 249 g/mol. The fourth-order valence-electron chi connectivity index (χ4n) is 2.08. The first kappa shape index (κ1) is 12.7. The van der Waals surface area contributed by atoms with E-state index in [9.17, 15) is 4.79 Å². The van der Waals surface area contributed by atoms with Crippen molar-refractivity contribution in [2.24, 2.45) is 0 Å². The van der Waals surface area contributed by atoms with Crippen molar-refractivity contribution in [1.82, 2.24) is 4.90 Å². The lowest BCUT2D eigenvalue weighted by Gasteiger charge is -2.18. The predicted octanol–water partition coefficient (Wildman–Crippen LogP) is 2.24. The molecule has 0 spiro atoms. The molecular weight excluding hydrogens is 230 g/mol. The van der Waals surface area contributed by atoms with E-state index in [2.05, 4.69) is 4.90 Å². The Morgan fingerprint density at radius 1 is 1.18 bits per heavy atom. The molecule has 1 aromatic rings. The maximum atomic E-state index is 11.9. The van der Waals surface area contributed by atoms with Gasteiger partial charge in [-0.05, 0) is 24.3 Å². The molecule has 17 heavy (non-hydrogen) atoms. The van der Waals surface area contributed by atoms with Crippen LogP contribution in [0.25, 0.3) is 0 Å². The van der Waals surface area contributed by atoms with E-state index in [1.54, 1.807) is 0 Å². The van der Waals surface area contributed by atoms with Crippen LogP contribution in [0.1, 0.15) is 12.0 Å². The number of rotatable bonds is 4. The van der Waals surface area contributed by atoms with E-state index in [1.165, 1.54) is 17.9 Å². The fourth-order valence-corrected chi connectivity index (χ4v) is 3.01. The first-order valence-corrected chi connectivity index (χ1v) is 7.36. The Labute approximate surface area is 107 Å². The zero-order chi connectivity index (χ0) is 11.9. The van der Waals surface area contributed by atoms with Gasteiger partial charge in [-0.2, -0.15) is 11.8 Å². The Morgan fingerprint density at radius 3 is 2.82 bits per heavy atom. The highest BCUT2D eigenvalue weighted by Crippen LogP contribution is 2.10. The lowest BCUT2D eigenvalue weighted by molar-refractivity contribution is -0.119. The summed E-state index contributed by atoms with van der Waals surface area (Å²) in [7, 11) is 0. The molecule has 1 aliphatic heterocycles. The van der Waals surface area contributed by atoms with Crippen LogP contribution in [0.4, 0.5) is 0 Å². The minimum atomic E-state index is 0.336. The molecule has 0 amide bonds. The first-order chi connectivity index (χ1) is 8.34. The van der Waals surface area contributed by atoms with Crippen LogP contribution in [-0.2, 0) is 11.2 Å². The summed E-state index contributed by atoms with van der Waals surface area (Å²) in [6.45, 7) is 2.76. The molecule has 0 saturated carbocycles. The second-order valence-electron chi connectivity index (χ2n) is 4.44. The van der Waals surface area contributed by atoms with Gasteiger partial charge in [-0.15, -0.1) is 0 Å². The van der Waals surface area contributed by atoms with E-state index in [0.717, 1.165) is 18.7 Å². The fraction of sp³-hybridized carbons (Fsp3) is 0.500. The molecule has 3 heteroatoms. The Balaban J connectivity index is 1.80. The van der Waals surface area contributed by atoms with Gasteiger partial charge in [0.1, 0.15) is 0 Å². The zero-order valence-electron chi connectivity index (χ0n) is 10.1. The Hall–Kier alpha value is -0.800. The number of hydrogen-bond acceptors (Lipinski definition) is 3. The lowest BCUT2D eigenvalue weighted by Crippen LogP contribution is -2.32. The average molecular weight is 249 g/mol. The summed E-state index contributed by atoms with van der Waals surface area (Å²) in [5, 5.41) is 0. The molecule has 1 aromatic carbocycles. The Bertz CT molecular complexity index is 344. The van der Waals surface area contributed by atoms with Gasteiger partial charge in [0, 0.05) is 18.7 Å². The molecule has 1 heterocycles. The van der Waals surface area contributed by atoms with Gasteiger partial charge in [0.25, 0.3) is 0 Å². The number of thioether (sulfide) groups is 1. The first-order valence-electron chi connectivity index (χ1n) is 6.20. The molecule has 2 nitrogen and oxygen atoms in total. The van der Waals surface area contributed by atoms with Crippen LogP contribution in [0, 0.1) is 0 Å². The van der Waals surface area contributed by atoms with E-state index < -0.39 is 0 Å². The molecule has 0 N–H and O–H groups in total. The van der Waals surface area contributed by atoms with Crippen molar-refractivity contribution in [3.05, 3.63) is 35.9 Å². The summed E-state index contributed by atoms with van der Waals surface area (Å²) < 4.78 is 0. The third-order valence-electron chi connectivity index (χ3n) is 2.96. The van der Waals surface area contributed by atoms with Crippen molar-refractivity contribution in [3.8, 4) is 0 Å². The summed E-state index contributed by atoms with van der Waals surface area (Å²) >= 11 is 2.00. The summed E-state index contributed by atoms with van der Waals surface area (Å²) in [6.07, 6.45) is 1.79. The highest BCUT2D eigenvalue weighted by Gasteiger charge is 2.13. The molecule has 0 bridgehead atoms. The second kappa shape index (κ2) is 6.82. The Morgan fingerprint density at radius 2 is 2.00 bits per heavy atom. The number of Topliss-reactive ketones (excluding diaryl/α,β-unsaturated/α-hetero) is 1. The highest BCUT2D eigenvalue weighted by molar-refractivity contribution is 7.99. The van der Waals surface area contributed by atoms with Crippen LogP contribution < -0.4 is 0 Å². The van der Waals surface area contributed by atoms with Crippen LogP contribution >= 0.6 is 11.8 Å². The molecule has 0 atom stereocenters. The minimum Gasteiger partial charge on any atom is -0.298 e. The smallest absolute Gasteiger partial charge is 0.151 e. The highest BCUT2D eigenvalue weighted by atomic mass is 32.2. The number of ketones is 1. The number of carbonyl (C=O) groups is 1. The maximum Gasteiger partial charge on any atom is 0.151 e. The van der Waals surface area contributed by atoms with Gasteiger partial charge in [-0.25, -0.2) is 0 Å². The molecule has 92 valence electrons. The van der Waals surface area contributed by atoms with Gasteiger partial charge in [-0.1, -0.05) is 30.3 Å². The third-order valence-corrected chi connectivity index (χ3v) is 4.01. The van der Waals surface area contributed by atoms with Crippen LogP contribution in [-0.4, -0.2) is 41.8 Å². The van der Waals surface area contributed by atoms with Crippen LogP contribution in [0.2, 0.25) is 0 Å². The average Bonchev–Trinajstić information content (AvgIpc) is 2.59. The van der Waals surface area contributed by atoms with Gasteiger partial charge in [0.15, 0.2) is 5.78 Å². The topological polar surface area (TPSA) is 20.3 Å². The summed E-state index contributed by atoms with van der Waals surface area (Å²) in [6, 6.07) is 10.0. The second-order valence-corrected chi connectivity index (χ2v) is 5.67. The van der Waals surface area contributed by atoms with Crippen LogP contribution in [0.15, 0.2) is 30.3 Å². The lowest BCUT2D eigenvalue weighted by atomic mass is 10.1. The summed E-state index contributed by atoms with van der Waals surface area (Å²) in [5.41, 5.74) is 1.13. The predicted molar refractivity (Wildman–Crippen MR) is 73.5 cm³/mol. The zero-order valence-corrected chi connectivity index (χ0v) is 10.9. The van der Waals surface area contributed by atoms with Crippen molar-refractivity contribution in [1.29, 1.82) is 0 Å². The number of hydrogen-bond donors (Lipinski definition) is 0. The van der Waals surface area contributed by atoms with Gasteiger partial charge in [-0.3, -0.25) is 9.69 Å². The van der Waals surface area contributed by atoms with Crippen molar-refractivity contribution >= 4 is 17.5 Å². The van der Waals surface area contributed by atoms with E-state index in [4.69, 9.17) is 0 Å². The number of nitrogens with zero attached hydrogens (tertiary/aromatic N) is 1. The number of benzene rings is 1. The van der Waals surface area contributed by atoms with Gasteiger partial charge >= 0.3 is 0 Å². The molecule has 0 radical (unpaired) electrons. The molecule has 1 saturated heterocycles. The Kier molecular flexibility index (Phi) is 5.08. The van der Waals surface area contributed by atoms with Crippen molar-refractivity contribution in [2.75, 3.05) is 31.1 Å². The van der Waals surface area contributed by atoms with Gasteiger partial charge < -0.3 is 0 Å². The van der Waals surface area contributed by atoms with Gasteiger partial charge in [0.2, 0.25) is 0 Å². The van der Waals surface area contributed by atoms with E-state index in [0.29, 0.717) is 18.7 Å². The van der Waals surface area contributed by atoms with Gasteiger partial charge in [0.05, 0.1) is 6.54 Å². The van der Waals surface area contributed by atoms with E-state index in [-0.39, 0.29) is 0 Å². The van der Waals surface area contributed by atoms with Crippen molar-refractivity contribution < 1.29 is 4.79 Å². The minimum absolute atomic E-state index is 0.336. The summed E-state index contributed by atoms with van der Waals surface area (Å²) in [4.78, 5) is 14.2. The number of carbonyl (C=O) groups excluding carboxylic acids is 1. The molecule has 0 aliphatic carbocycles. The van der Waals surface area contributed by atoms with Crippen LogP contribution in [0.3, 0.4) is 0 Å². The molecule has 1 fully saturated rings. The normalized spacial score (nSPS) is 17.6. The molecule has 1 aliphatic rings. The molecule has 0 unspecified atom stereocenters. The van der Waals surface area contributed by atoms with E-state index in [1.807, 2.05) is 42.1 Å². The van der Waals surface area contributed by atoms with Crippen molar-refractivity contribution in [2.45, 2.75) is 12.8 Å². The standard InChI is InChI=1S/C14H19NOS/c16-14(11-13-5-2-1-3-6-13)12-15-7-4-9-17-10-8-15/h1-3,5-6H,4,7-12H2. The SMILES string of the molecule is O=C(Cc1ccccc1)CN1CCCSCC1. The maximum absolute atomic E-state index is 11.9. The largest absolute Gasteiger partial charge is 0.298 e. The molecular formula is C14H19NOS. The molecule has 2 rings (SSSR count). The quantitative estimate of drug-likeness (QED) is 0.816. The summed E-state index contributed by atoms with van der Waals surface area (Å²) in [5.74, 6) is 2.74. The molecule has 0 aromatic heterocycles. The third kappa shape index (κ3) is 4.52. The van der Waals surface area contributed by atoms with Crippen LogP contribution in [0.5, 0.6) is 0 Å².